The highest BCUT2D eigenvalue weighted by Crippen LogP contribution is 2.45. The monoisotopic (exact) mass is 673 g/mol. The number of Topliss-reactive ketones (excluding diaryl/α,β-unsaturated/α-hetero) is 1. The van der Waals surface area contributed by atoms with Crippen molar-refractivity contribution in [1.82, 2.24) is 10.2 Å². The van der Waals surface area contributed by atoms with Crippen molar-refractivity contribution in [2.24, 2.45) is 5.92 Å². The van der Waals surface area contributed by atoms with Gasteiger partial charge < -0.3 is 19.3 Å². The molecule has 1 fully saturated rings. The summed E-state index contributed by atoms with van der Waals surface area (Å²) in [6.07, 6.45) is 1.72. The first-order valence-electron chi connectivity index (χ1n) is 15.6. The number of aryl methyl sites for hydroxylation is 1. The maximum Gasteiger partial charge on any atom is 0.301 e. The molecule has 0 radical (unpaired) electrons. The first kappa shape index (κ1) is 34.0. The van der Waals surface area contributed by atoms with Crippen molar-refractivity contribution >= 4 is 45.7 Å². The number of aromatic nitrogens is 2. The van der Waals surface area contributed by atoms with Crippen molar-refractivity contribution in [1.29, 1.82) is 0 Å². The van der Waals surface area contributed by atoms with Gasteiger partial charge in [0.1, 0.15) is 11.5 Å². The Bertz CT molecular complexity index is 1730. The number of aliphatic hydroxyl groups is 1. The number of rotatable bonds is 14. The van der Waals surface area contributed by atoms with Crippen molar-refractivity contribution in [2.45, 2.75) is 56.7 Å². The summed E-state index contributed by atoms with van der Waals surface area (Å²) in [5, 5.41) is 20.5. The molecule has 1 amide bonds. The standard InChI is InChI=1S/C36H39N3O6S2/c1-6-18-44-27-14-11-25(12-15-27)32(40)30-31(26-13-16-28(29(20-26)43-5)45-19-17-22(2)3)39(34(42)33(30)41)35-37-38-36(47-35)46-21-24-9-7-23(4)8-10-24/h7-16,20,22,31,40H,6,17-19,21H2,1-5H3/b32-30-. The number of amides is 1. The minimum Gasteiger partial charge on any atom is -0.507 e. The van der Waals surface area contributed by atoms with Gasteiger partial charge in [-0.1, -0.05) is 79.8 Å². The number of anilines is 1. The number of thioether (sulfide) groups is 1. The minimum absolute atomic E-state index is 0.0585. The fourth-order valence-electron chi connectivity index (χ4n) is 5.00. The van der Waals surface area contributed by atoms with Gasteiger partial charge in [-0.05, 0) is 73.2 Å². The number of hydrogen-bond acceptors (Lipinski definition) is 10. The number of ether oxygens (including phenoxy) is 3. The molecule has 0 saturated carbocycles. The molecule has 1 aliphatic heterocycles. The predicted octanol–water partition coefficient (Wildman–Crippen LogP) is 7.99. The molecule has 1 aliphatic rings. The Kier molecular flexibility index (Phi) is 11.2. The molecule has 1 unspecified atom stereocenters. The van der Waals surface area contributed by atoms with Crippen LogP contribution < -0.4 is 19.1 Å². The highest BCUT2D eigenvalue weighted by molar-refractivity contribution is 8.00. The van der Waals surface area contributed by atoms with E-state index in [9.17, 15) is 14.7 Å². The largest absolute Gasteiger partial charge is 0.507 e. The Balaban J connectivity index is 1.53. The predicted molar refractivity (Wildman–Crippen MR) is 186 cm³/mol. The van der Waals surface area contributed by atoms with Crippen LogP contribution in [0.5, 0.6) is 17.2 Å². The first-order valence-corrected chi connectivity index (χ1v) is 17.4. The summed E-state index contributed by atoms with van der Waals surface area (Å²) < 4.78 is 18.0. The Hall–Kier alpha value is -4.35. The fraction of sp³-hybridized carbons (Fsp3) is 0.333. The van der Waals surface area contributed by atoms with Crippen LogP contribution in [0.15, 0.2) is 76.6 Å². The third kappa shape index (κ3) is 7.97. The van der Waals surface area contributed by atoms with E-state index in [0.717, 1.165) is 18.4 Å². The summed E-state index contributed by atoms with van der Waals surface area (Å²) in [5.74, 6) is 0.850. The van der Waals surface area contributed by atoms with E-state index in [1.165, 1.54) is 40.7 Å². The van der Waals surface area contributed by atoms with E-state index in [1.807, 2.05) is 13.8 Å². The van der Waals surface area contributed by atoms with E-state index in [-0.39, 0.29) is 16.5 Å². The molecule has 11 heteroatoms. The van der Waals surface area contributed by atoms with Gasteiger partial charge in [-0.2, -0.15) is 0 Å². The third-order valence-corrected chi connectivity index (χ3v) is 9.71. The molecule has 0 bridgehead atoms. The molecule has 47 heavy (non-hydrogen) atoms. The van der Waals surface area contributed by atoms with Crippen molar-refractivity contribution in [2.75, 3.05) is 25.2 Å². The van der Waals surface area contributed by atoms with Crippen LogP contribution in [0.2, 0.25) is 0 Å². The molecular weight excluding hydrogens is 635 g/mol. The van der Waals surface area contributed by atoms with Crippen LogP contribution >= 0.6 is 23.1 Å². The van der Waals surface area contributed by atoms with Crippen LogP contribution in [0.4, 0.5) is 5.13 Å². The zero-order chi connectivity index (χ0) is 33.5. The molecule has 9 nitrogen and oxygen atoms in total. The highest BCUT2D eigenvalue weighted by Gasteiger charge is 2.48. The lowest BCUT2D eigenvalue weighted by atomic mass is 9.95. The summed E-state index contributed by atoms with van der Waals surface area (Å²) >= 11 is 2.72. The highest BCUT2D eigenvalue weighted by atomic mass is 32.2. The second-order valence-corrected chi connectivity index (χ2v) is 13.8. The second kappa shape index (κ2) is 15.5. The SMILES string of the molecule is CCCOc1ccc(/C(O)=C2/C(=O)C(=O)N(c3nnc(SCc4ccc(C)cc4)s3)C2c2ccc(OCCC(C)C)c(OC)c2)cc1. The van der Waals surface area contributed by atoms with Gasteiger partial charge in [-0.3, -0.25) is 14.5 Å². The lowest BCUT2D eigenvalue weighted by molar-refractivity contribution is -0.132. The summed E-state index contributed by atoms with van der Waals surface area (Å²) in [6.45, 7) is 9.37. The Morgan fingerprint density at radius 1 is 0.979 bits per heavy atom. The zero-order valence-electron chi connectivity index (χ0n) is 27.2. The maximum absolute atomic E-state index is 13.7. The number of carbonyl (C=O) groups excluding carboxylic acids is 2. The maximum atomic E-state index is 13.7. The molecule has 4 aromatic rings. The quantitative estimate of drug-likeness (QED) is 0.0468. The Morgan fingerprint density at radius 2 is 1.72 bits per heavy atom. The first-order chi connectivity index (χ1) is 22.7. The lowest BCUT2D eigenvalue weighted by Crippen LogP contribution is -2.29. The average molecular weight is 674 g/mol. The molecule has 246 valence electrons. The molecule has 3 aromatic carbocycles. The van der Waals surface area contributed by atoms with Crippen molar-refractivity contribution < 1.29 is 28.9 Å². The molecule has 1 atom stereocenters. The van der Waals surface area contributed by atoms with Crippen LogP contribution in [0.25, 0.3) is 5.76 Å². The van der Waals surface area contributed by atoms with Crippen LogP contribution in [-0.4, -0.2) is 47.3 Å². The Labute approximate surface area is 283 Å². The zero-order valence-corrected chi connectivity index (χ0v) is 28.8. The summed E-state index contributed by atoms with van der Waals surface area (Å²) in [6, 6.07) is 19.3. The van der Waals surface area contributed by atoms with Gasteiger partial charge in [-0.15, -0.1) is 10.2 Å². The second-order valence-electron chi connectivity index (χ2n) is 11.6. The van der Waals surface area contributed by atoms with Gasteiger partial charge in [-0.25, -0.2) is 0 Å². The van der Waals surface area contributed by atoms with Crippen molar-refractivity contribution in [3.05, 3.63) is 94.6 Å². The molecular formula is C36H39N3O6S2. The topological polar surface area (TPSA) is 111 Å². The number of nitrogens with zero attached hydrogens (tertiary/aromatic N) is 3. The van der Waals surface area contributed by atoms with E-state index >= 15 is 0 Å². The molecule has 5 rings (SSSR count). The van der Waals surface area contributed by atoms with Crippen LogP contribution in [-0.2, 0) is 15.3 Å². The van der Waals surface area contributed by atoms with E-state index in [0.29, 0.717) is 57.6 Å². The number of carbonyl (C=O) groups is 2. The minimum atomic E-state index is -0.993. The van der Waals surface area contributed by atoms with E-state index in [1.54, 1.807) is 42.5 Å². The van der Waals surface area contributed by atoms with Crippen LogP contribution in [0.1, 0.15) is 61.9 Å². The average Bonchev–Trinajstić information content (AvgIpc) is 3.64. The molecule has 0 aliphatic carbocycles. The molecule has 1 aromatic heterocycles. The van der Waals surface area contributed by atoms with Crippen molar-refractivity contribution in [3.63, 3.8) is 0 Å². The summed E-state index contributed by atoms with van der Waals surface area (Å²) in [5.41, 5.74) is 3.18. The molecule has 1 saturated heterocycles. The number of benzene rings is 3. The third-order valence-electron chi connectivity index (χ3n) is 7.59. The van der Waals surface area contributed by atoms with Gasteiger partial charge in [0.15, 0.2) is 15.8 Å². The number of hydrogen-bond donors (Lipinski definition) is 1. The summed E-state index contributed by atoms with van der Waals surface area (Å²) in [4.78, 5) is 28.8. The van der Waals surface area contributed by atoms with Crippen molar-refractivity contribution in [3.8, 4) is 17.2 Å². The normalized spacial score (nSPS) is 15.8. The van der Waals surface area contributed by atoms with Gasteiger partial charge in [0.2, 0.25) is 5.13 Å². The van der Waals surface area contributed by atoms with E-state index in [4.69, 9.17) is 14.2 Å². The van der Waals surface area contributed by atoms with Gasteiger partial charge in [0, 0.05) is 11.3 Å². The van der Waals surface area contributed by atoms with Crippen LogP contribution in [0, 0.1) is 12.8 Å². The number of methoxy groups -OCH3 is 1. The van der Waals surface area contributed by atoms with E-state index in [2.05, 4.69) is 48.3 Å². The molecule has 1 N–H and O–H groups in total. The number of ketones is 1. The smallest absolute Gasteiger partial charge is 0.301 e. The molecule has 2 heterocycles. The summed E-state index contributed by atoms with van der Waals surface area (Å²) in [7, 11) is 1.54. The molecule has 0 spiro atoms. The van der Waals surface area contributed by atoms with Gasteiger partial charge in [0.25, 0.3) is 5.78 Å². The lowest BCUT2D eigenvalue weighted by Gasteiger charge is -2.23. The van der Waals surface area contributed by atoms with Crippen LogP contribution in [0.3, 0.4) is 0 Å². The van der Waals surface area contributed by atoms with Gasteiger partial charge >= 0.3 is 5.91 Å². The van der Waals surface area contributed by atoms with E-state index < -0.39 is 17.7 Å². The van der Waals surface area contributed by atoms with Gasteiger partial charge in [0.05, 0.1) is 31.9 Å². The Morgan fingerprint density at radius 3 is 2.40 bits per heavy atom. The fourth-order valence-corrected chi connectivity index (χ4v) is 6.82. The number of aliphatic hydroxyl groups excluding tert-OH is 1.